The summed E-state index contributed by atoms with van der Waals surface area (Å²) < 4.78 is 0. The number of phenolic OH excluding ortho intramolecular Hbond substituents is 1. The molecule has 3 aromatic rings. The van der Waals surface area contributed by atoms with Crippen molar-refractivity contribution in [2.75, 3.05) is 23.0 Å². The summed E-state index contributed by atoms with van der Waals surface area (Å²) in [4.78, 5) is 14.8. The minimum atomic E-state index is 0.130. The molecule has 7 heteroatoms. The Morgan fingerprint density at radius 1 is 1.04 bits per heavy atom. The number of nitrogens with one attached hydrogen (secondary N) is 1. The van der Waals surface area contributed by atoms with Crippen LogP contribution in [-0.4, -0.2) is 33.1 Å². The Balaban J connectivity index is 1.75. The molecule has 0 aliphatic heterocycles. The van der Waals surface area contributed by atoms with Gasteiger partial charge in [0, 0.05) is 18.8 Å². The van der Waals surface area contributed by atoms with Crippen LogP contribution in [0, 0.1) is 0 Å². The van der Waals surface area contributed by atoms with Crippen LogP contribution in [0.5, 0.6) is 5.75 Å². The maximum absolute atomic E-state index is 9.40. The quantitative estimate of drug-likeness (QED) is 0.628. The van der Waals surface area contributed by atoms with Gasteiger partial charge < -0.3 is 21.1 Å². The van der Waals surface area contributed by atoms with Gasteiger partial charge in [0.2, 0.25) is 17.8 Å². The highest BCUT2D eigenvalue weighted by Crippen LogP contribution is 2.19. The largest absolute Gasteiger partial charge is 0.508 e. The zero-order valence-corrected chi connectivity index (χ0v) is 14.8. The maximum Gasteiger partial charge on any atom is 0.233 e. The van der Waals surface area contributed by atoms with Crippen molar-refractivity contribution in [1.29, 1.82) is 0 Å². The van der Waals surface area contributed by atoms with Crippen LogP contribution in [0.3, 0.4) is 0 Å². The van der Waals surface area contributed by atoms with Crippen molar-refractivity contribution in [3.63, 3.8) is 0 Å². The molecule has 2 aromatic carbocycles. The van der Waals surface area contributed by atoms with Crippen LogP contribution < -0.4 is 16.0 Å². The van der Waals surface area contributed by atoms with Gasteiger partial charge in [-0.25, -0.2) is 0 Å². The average Bonchev–Trinajstić information content (AvgIpc) is 2.63. The molecule has 0 bridgehead atoms. The lowest BCUT2D eigenvalue weighted by Crippen LogP contribution is -2.32. The first-order chi connectivity index (χ1) is 12.5. The number of rotatable bonds is 6. The summed E-state index contributed by atoms with van der Waals surface area (Å²) in [6, 6.07) is 17.0. The smallest absolute Gasteiger partial charge is 0.233 e. The van der Waals surface area contributed by atoms with Crippen LogP contribution >= 0.6 is 0 Å². The molecule has 134 valence electrons. The van der Waals surface area contributed by atoms with Gasteiger partial charge in [0.25, 0.3) is 0 Å². The first-order valence-corrected chi connectivity index (χ1v) is 8.35. The number of likely N-dealkylation sites (N-methyl/N-ethyl adjacent to an activating group) is 1. The maximum atomic E-state index is 9.40. The molecular formula is C19H22N6O. The standard InChI is InChI=1S/C19H22N6O/c1-13(12-14-8-10-16(26)11-9-14)25(2)19-23-17(20)22-18(24-19)21-15-6-4-3-5-7-15/h3-11,13,26H,12H2,1-2H3,(H3,20,21,22,23,24). The fourth-order valence-corrected chi connectivity index (χ4v) is 2.55. The summed E-state index contributed by atoms with van der Waals surface area (Å²) in [5, 5.41) is 12.5. The van der Waals surface area contributed by atoms with E-state index in [1.165, 1.54) is 0 Å². The number of hydrogen-bond donors (Lipinski definition) is 3. The highest BCUT2D eigenvalue weighted by molar-refractivity contribution is 5.55. The lowest BCUT2D eigenvalue weighted by molar-refractivity contribution is 0.475. The summed E-state index contributed by atoms with van der Waals surface area (Å²) in [6.45, 7) is 2.08. The van der Waals surface area contributed by atoms with Gasteiger partial charge in [0.1, 0.15) is 5.75 Å². The Morgan fingerprint density at radius 3 is 2.42 bits per heavy atom. The molecule has 3 rings (SSSR count). The number of benzene rings is 2. The van der Waals surface area contributed by atoms with Gasteiger partial charge in [0.05, 0.1) is 0 Å². The summed E-state index contributed by atoms with van der Waals surface area (Å²) >= 11 is 0. The number of para-hydroxylation sites is 1. The Kier molecular flexibility index (Phi) is 5.17. The Hall–Kier alpha value is -3.35. The van der Waals surface area contributed by atoms with Crippen molar-refractivity contribution < 1.29 is 5.11 Å². The van der Waals surface area contributed by atoms with E-state index in [0.29, 0.717) is 11.9 Å². The summed E-state index contributed by atoms with van der Waals surface area (Å²) in [6.07, 6.45) is 0.782. The lowest BCUT2D eigenvalue weighted by atomic mass is 10.1. The molecule has 0 saturated heterocycles. The number of aromatic nitrogens is 3. The van der Waals surface area contributed by atoms with Crippen molar-refractivity contribution in [1.82, 2.24) is 15.0 Å². The van der Waals surface area contributed by atoms with E-state index in [-0.39, 0.29) is 17.7 Å². The predicted molar refractivity (Wildman–Crippen MR) is 104 cm³/mol. The number of anilines is 4. The number of nitrogens with zero attached hydrogens (tertiary/aromatic N) is 4. The van der Waals surface area contributed by atoms with E-state index < -0.39 is 0 Å². The second kappa shape index (κ2) is 7.69. The van der Waals surface area contributed by atoms with Gasteiger partial charge in [0.15, 0.2) is 0 Å². The zero-order valence-electron chi connectivity index (χ0n) is 14.8. The summed E-state index contributed by atoms with van der Waals surface area (Å²) in [5.41, 5.74) is 7.86. The minimum Gasteiger partial charge on any atom is -0.508 e. The molecule has 0 spiro atoms. The van der Waals surface area contributed by atoms with E-state index in [2.05, 4.69) is 27.2 Å². The molecule has 1 unspecified atom stereocenters. The van der Waals surface area contributed by atoms with E-state index in [9.17, 15) is 5.11 Å². The Morgan fingerprint density at radius 2 is 1.73 bits per heavy atom. The number of aromatic hydroxyl groups is 1. The molecule has 1 atom stereocenters. The number of hydrogen-bond acceptors (Lipinski definition) is 7. The number of nitrogens with two attached hydrogens (primary N) is 1. The molecule has 0 aliphatic carbocycles. The van der Waals surface area contributed by atoms with Crippen LogP contribution in [0.1, 0.15) is 12.5 Å². The predicted octanol–water partition coefficient (Wildman–Crippen LogP) is 2.97. The summed E-state index contributed by atoms with van der Waals surface area (Å²) in [7, 11) is 1.92. The van der Waals surface area contributed by atoms with Gasteiger partial charge >= 0.3 is 0 Å². The van der Waals surface area contributed by atoms with Gasteiger partial charge in [-0.3, -0.25) is 0 Å². The van der Waals surface area contributed by atoms with Crippen molar-refractivity contribution in [2.24, 2.45) is 0 Å². The monoisotopic (exact) mass is 350 g/mol. The Bertz CT molecular complexity index is 854. The molecule has 1 heterocycles. The average molecular weight is 350 g/mol. The molecule has 0 amide bonds. The first-order valence-electron chi connectivity index (χ1n) is 8.35. The van der Waals surface area contributed by atoms with Gasteiger partial charge in [-0.1, -0.05) is 30.3 Å². The van der Waals surface area contributed by atoms with Crippen molar-refractivity contribution in [3.8, 4) is 5.75 Å². The van der Waals surface area contributed by atoms with E-state index in [1.54, 1.807) is 12.1 Å². The number of phenols is 1. The minimum absolute atomic E-state index is 0.130. The third-order valence-electron chi connectivity index (χ3n) is 4.11. The third kappa shape index (κ3) is 4.38. The van der Waals surface area contributed by atoms with Crippen molar-refractivity contribution >= 4 is 23.5 Å². The lowest BCUT2D eigenvalue weighted by Gasteiger charge is -2.25. The van der Waals surface area contributed by atoms with E-state index in [1.807, 2.05) is 54.4 Å². The van der Waals surface area contributed by atoms with Crippen molar-refractivity contribution in [3.05, 3.63) is 60.2 Å². The molecule has 0 aliphatic rings. The molecule has 4 N–H and O–H groups in total. The van der Waals surface area contributed by atoms with Crippen LogP contribution in [-0.2, 0) is 6.42 Å². The fraction of sp³-hybridized carbons (Fsp3) is 0.211. The molecule has 7 nitrogen and oxygen atoms in total. The van der Waals surface area contributed by atoms with Crippen LogP contribution in [0.25, 0.3) is 0 Å². The topological polar surface area (TPSA) is 100 Å². The molecule has 26 heavy (non-hydrogen) atoms. The second-order valence-corrected chi connectivity index (χ2v) is 6.14. The van der Waals surface area contributed by atoms with Crippen molar-refractivity contribution in [2.45, 2.75) is 19.4 Å². The number of nitrogen functional groups attached to an aromatic ring is 1. The Labute approximate surface area is 152 Å². The van der Waals surface area contributed by atoms with Gasteiger partial charge in [-0.15, -0.1) is 0 Å². The van der Waals surface area contributed by atoms with Crippen LogP contribution in [0.15, 0.2) is 54.6 Å². The van der Waals surface area contributed by atoms with Gasteiger partial charge in [-0.2, -0.15) is 15.0 Å². The van der Waals surface area contributed by atoms with E-state index >= 15 is 0 Å². The molecule has 1 aromatic heterocycles. The van der Waals surface area contributed by atoms with E-state index in [0.717, 1.165) is 17.7 Å². The molecular weight excluding hydrogens is 328 g/mol. The molecule has 0 fully saturated rings. The SMILES string of the molecule is CC(Cc1ccc(O)cc1)N(C)c1nc(N)nc(Nc2ccccc2)n1. The second-order valence-electron chi connectivity index (χ2n) is 6.14. The third-order valence-corrected chi connectivity index (χ3v) is 4.11. The van der Waals surface area contributed by atoms with E-state index in [4.69, 9.17) is 5.73 Å². The fourth-order valence-electron chi connectivity index (χ4n) is 2.55. The molecule has 0 radical (unpaired) electrons. The molecule has 0 saturated carbocycles. The highest BCUT2D eigenvalue weighted by atomic mass is 16.3. The zero-order chi connectivity index (χ0) is 18.5. The highest BCUT2D eigenvalue weighted by Gasteiger charge is 2.15. The normalized spacial score (nSPS) is 11.8. The van der Waals surface area contributed by atoms with Crippen LogP contribution in [0.4, 0.5) is 23.5 Å². The van der Waals surface area contributed by atoms with Gasteiger partial charge in [-0.05, 0) is 43.2 Å². The summed E-state index contributed by atoms with van der Waals surface area (Å²) in [5.74, 6) is 1.33. The van der Waals surface area contributed by atoms with Crippen LogP contribution in [0.2, 0.25) is 0 Å². The first kappa shape index (κ1) is 17.5.